The van der Waals surface area contributed by atoms with Crippen LogP contribution in [0.15, 0.2) is 0 Å². The van der Waals surface area contributed by atoms with Crippen LogP contribution in [0.3, 0.4) is 0 Å². The third-order valence-electron chi connectivity index (χ3n) is 3.33. The summed E-state index contributed by atoms with van der Waals surface area (Å²) in [7, 11) is 0. The predicted octanol–water partition coefficient (Wildman–Crippen LogP) is 1.56. The Labute approximate surface area is 105 Å². The minimum absolute atomic E-state index is 0.178. The lowest BCUT2D eigenvalue weighted by molar-refractivity contribution is -0.127. The zero-order valence-corrected chi connectivity index (χ0v) is 10.6. The number of nitrogens with one attached hydrogen (secondary N) is 1. The summed E-state index contributed by atoms with van der Waals surface area (Å²) in [5, 5.41) is 2.46. The molecular formula is C11H20F3N3O. The van der Waals surface area contributed by atoms with Gasteiger partial charge >= 0.3 is 12.2 Å². The van der Waals surface area contributed by atoms with Crippen molar-refractivity contribution in [1.82, 2.24) is 10.2 Å². The molecule has 0 aliphatic carbocycles. The van der Waals surface area contributed by atoms with E-state index in [0.29, 0.717) is 18.9 Å². The number of piperidine rings is 1. The maximum absolute atomic E-state index is 12.2. The second kappa shape index (κ2) is 5.77. The summed E-state index contributed by atoms with van der Waals surface area (Å²) in [6.07, 6.45) is -3.60. The van der Waals surface area contributed by atoms with Gasteiger partial charge in [0.1, 0.15) is 0 Å². The lowest BCUT2D eigenvalue weighted by Crippen LogP contribution is -2.54. The average Bonchev–Trinajstić information content (AvgIpc) is 2.25. The van der Waals surface area contributed by atoms with Crippen LogP contribution in [0.1, 0.15) is 20.3 Å². The quantitative estimate of drug-likeness (QED) is 0.815. The Kier molecular flexibility index (Phi) is 4.84. The molecule has 2 atom stereocenters. The number of amides is 2. The van der Waals surface area contributed by atoms with Crippen LogP contribution >= 0.6 is 0 Å². The van der Waals surface area contributed by atoms with Gasteiger partial charge in [0.25, 0.3) is 0 Å². The summed E-state index contributed by atoms with van der Waals surface area (Å²) in [6, 6.07) is -0.917. The van der Waals surface area contributed by atoms with Gasteiger partial charge in [0, 0.05) is 19.1 Å². The lowest BCUT2D eigenvalue weighted by Gasteiger charge is -2.39. The second-order valence-corrected chi connectivity index (χ2v) is 5.18. The van der Waals surface area contributed by atoms with Gasteiger partial charge in [-0.15, -0.1) is 0 Å². The van der Waals surface area contributed by atoms with E-state index in [2.05, 4.69) is 5.32 Å². The fourth-order valence-corrected chi connectivity index (χ4v) is 2.21. The average molecular weight is 267 g/mol. The number of nitrogens with two attached hydrogens (primary N) is 1. The monoisotopic (exact) mass is 267 g/mol. The predicted molar refractivity (Wildman–Crippen MR) is 61.9 cm³/mol. The van der Waals surface area contributed by atoms with E-state index in [-0.39, 0.29) is 18.5 Å². The number of hydrogen-bond acceptors (Lipinski definition) is 2. The molecule has 7 heteroatoms. The van der Waals surface area contributed by atoms with Crippen LogP contribution in [-0.2, 0) is 0 Å². The number of nitrogens with zero attached hydrogens (tertiary/aromatic N) is 1. The van der Waals surface area contributed by atoms with Crippen LogP contribution in [0.2, 0.25) is 0 Å². The number of carbonyl (C=O) groups excluding carboxylic acids is 1. The van der Waals surface area contributed by atoms with Gasteiger partial charge in [-0.3, -0.25) is 0 Å². The molecule has 106 valence electrons. The highest BCUT2D eigenvalue weighted by molar-refractivity contribution is 5.72. The zero-order valence-electron chi connectivity index (χ0n) is 10.6. The molecule has 1 aliphatic rings. The maximum atomic E-state index is 12.2. The molecule has 0 saturated carbocycles. The Morgan fingerprint density at radius 1 is 1.44 bits per heavy atom. The molecule has 0 aromatic rings. The Morgan fingerprint density at radius 2 is 2.06 bits per heavy atom. The van der Waals surface area contributed by atoms with Crippen molar-refractivity contribution < 1.29 is 18.0 Å². The molecule has 0 spiro atoms. The van der Waals surface area contributed by atoms with E-state index in [4.69, 9.17) is 5.73 Å². The highest BCUT2D eigenvalue weighted by Gasteiger charge is 2.33. The van der Waals surface area contributed by atoms with Gasteiger partial charge in [-0.05, 0) is 18.3 Å². The van der Waals surface area contributed by atoms with Crippen molar-refractivity contribution >= 4 is 6.03 Å². The molecule has 18 heavy (non-hydrogen) atoms. The number of rotatable bonds is 3. The van der Waals surface area contributed by atoms with Crippen molar-refractivity contribution in [2.45, 2.75) is 32.5 Å². The molecule has 0 aromatic carbocycles. The summed E-state index contributed by atoms with van der Waals surface area (Å²) >= 11 is 0. The number of halogens is 3. The first-order chi connectivity index (χ1) is 8.19. The molecule has 1 rings (SSSR count). The highest BCUT2D eigenvalue weighted by Crippen LogP contribution is 2.24. The maximum Gasteiger partial charge on any atom is 0.401 e. The van der Waals surface area contributed by atoms with Gasteiger partial charge in [-0.25, -0.2) is 4.79 Å². The molecular weight excluding hydrogens is 247 g/mol. The van der Waals surface area contributed by atoms with E-state index < -0.39 is 18.8 Å². The Bertz CT molecular complexity index is 294. The van der Waals surface area contributed by atoms with E-state index in [1.807, 2.05) is 13.8 Å². The summed E-state index contributed by atoms with van der Waals surface area (Å²) in [6.45, 7) is 3.73. The number of hydrogen-bond donors (Lipinski definition) is 2. The van der Waals surface area contributed by atoms with E-state index >= 15 is 0 Å². The smallest absolute Gasteiger partial charge is 0.351 e. The van der Waals surface area contributed by atoms with Gasteiger partial charge in [0.2, 0.25) is 0 Å². The van der Waals surface area contributed by atoms with Crippen molar-refractivity contribution in [3.05, 3.63) is 0 Å². The molecule has 1 saturated heterocycles. The summed E-state index contributed by atoms with van der Waals surface area (Å²) in [5.74, 6) is 0.485. The van der Waals surface area contributed by atoms with Crippen molar-refractivity contribution in [3.8, 4) is 0 Å². The van der Waals surface area contributed by atoms with E-state index in [1.165, 1.54) is 4.90 Å². The van der Waals surface area contributed by atoms with Gasteiger partial charge in [0.15, 0.2) is 0 Å². The van der Waals surface area contributed by atoms with Crippen molar-refractivity contribution in [2.75, 3.05) is 19.6 Å². The molecule has 2 amide bonds. The fraction of sp³-hybridized carbons (Fsp3) is 0.909. The Hall–Kier alpha value is -0.980. The first-order valence-corrected chi connectivity index (χ1v) is 6.03. The number of likely N-dealkylation sites (tertiary alicyclic amines) is 1. The Balaban J connectivity index is 2.59. The van der Waals surface area contributed by atoms with Crippen LogP contribution < -0.4 is 11.1 Å². The number of carbonyl (C=O) groups is 1. The minimum atomic E-state index is -4.23. The lowest BCUT2D eigenvalue weighted by atomic mass is 9.85. The van der Waals surface area contributed by atoms with E-state index in [1.54, 1.807) is 0 Å². The first-order valence-electron chi connectivity index (χ1n) is 6.03. The van der Waals surface area contributed by atoms with Crippen molar-refractivity contribution in [3.63, 3.8) is 0 Å². The fourth-order valence-electron chi connectivity index (χ4n) is 2.21. The van der Waals surface area contributed by atoms with E-state index in [0.717, 1.165) is 0 Å². The van der Waals surface area contributed by atoms with E-state index in [9.17, 15) is 18.0 Å². The SMILES string of the molecule is CC(C)C1CC(NCC(F)(F)F)CN(C(N)=O)C1. The van der Waals surface area contributed by atoms with Crippen molar-refractivity contribution in [1.29, 1.82) is 0 Å². The summed E-state index contributed by atoms with van der Waals surface area (Å²) in [5.41, 5.74) is 5.21. The van der Waals surface area contributed by atoms with Gasteiger partial charge < -0.3 is 16.0 Å². The van der Waals surface area contributed by atoms with Gasteiger partial charge in [-0.1, -0.05) is 13.8 Å². The van der Waals surface area contributed by atoms with Crippen LogP contribution in [0.25, 0.3) is 0 Å². The molecule has 0 aromatic heterocycles. The minimum Gasteiger partial charge on any atom is -0.351 e. The standard InChI is InChI=1S/C11H20F3N3O/c1-7(2)8-3-9(16-6-11(12,13)14)5-17(4-8)10(15)18/h7-9,16H,3-6H2,1-2H3,(H2,15,18). The Morgan fingerprint density at radius 3 is 2.50 bits per heavy atom. The number of urea groups is 1. The largest absolute Gasteiger partial charge is 0.401 e. The van der Waals surface area contributed by atoms with Crippen LogP contribution in [0.5, 0.6) is 0 Å². The number of primary amides is 1. The molecule has 4 nitrogen and oxygen atoms in total. The summed E-state index contributed by atoms with van der Waals surface area (Å²) in [4.78, 5) is 12.6. The molecule has 0 radical (unpaired) electrons. The zero-order chi connectivity index (χ0) is 13.9. The third kappa shape index (κ3) is 4.72. The first kappa shape index (κ1) is 15.1. The molecule has 1 fully saturated rings. The molecule has 1 aliphatic heterocycles. The molecule has 3 N–H and O–H groups in total. The normalized spacial score (nSPS) is 25.6. The van der Waals surface area contributed by atoms with Crippen molar-refractivity contribution in [2.24, 2.45) is 17.6 Å². The third-order valence-corrected chi connectivity index (χ3v) is 3.33. The molecule has 0 bridgehead atoms. The highest BCUT2D eigenvalue weighted by atomic mass is 19.4. The van der Waals surface area contributed by atoms with Crippen LogP contribution in [-0.4, -0.2) is 42.8 Å². The second-order valence-electron chi connectivity index (χ2n) is 5.18. The van der Waals surface area contributed by atoms with Crippen LogP contribution in [0.4, 0.5) is 18.0 Å². The molecule has 2 unspecified atom stereocenters. The molecule has 1 heterocycles. The van der Waals surface area contributed by atoms with Gasteiger partial charge in [-0.2, -0.15) is 13.2 Å². The van der Waals surface area contributed by atoms with Crippen LogP contribution in [0, 0.1) is 11.8 Å². The number of alkyl halides is 3. The summed E-state index contributed by atoms with van der Waals surface area (Å²) < 4.78 is 36.5. The van der Waals surface area contributed by atoms with Gasteiger partial charge in [0.05, 0.1) is 6.54 Å². The topological polar surface area (TPSA) is 58.4 Å².